The van der Waals surface area contributed by atoms with Gasteiger partial charge in [0, 0.05) is 31.6 Å². The highest BCUT2D eigenvalue weighted by Gasteiger charge is 2.21. The van der Waals surface area contributed by atoms with Crippen LogP contribution in [-0.4, -0.2) is 64.6 Å². The summed E-state index contributed by atoms with van der Waals surface area (Å²) in [6, 6.07) is 8.03. The number of anilines is 1. The SMILES string of the molecule is CCN1CCC(Nc2c(Cl)cnc3[nH]c(-c4ccc(OCCNC(C)=O)cc4)nc23)CC1. The van der Waals surface area contributed by atoms with Crippen molar-refractivity contribution in [2.45, 2.75) is 32.7 Å². The number of hydrogen-bond acceptors (Lipinski definition) is 6. The highest BCUT2D eigenvalue weighted by molar-refractivity contribution is 6.34. The second kappa shape index (κ2) is 10.2. The fourth-order valence-corrected chi connectivity index (χ4v) is 4.10. The number of halogens is 1. The molecule has 32 heavy (non-hydrogen) atoms. The minimum absolute atomic E-state index is 0.0668. The average Bonchev–Trinajstić information content (AvgIpc) is 3.24. The van der Waals surface area contributed by atoms with Crippen LogP contribution in [0.4, 0.5) is 5.69 Å². The Hall–Kier alpha value is -2.84. The molecular formula is C23H29ClN6O2. The van der Waals surface area contributed by atoms with E-state index < -0.39 is 0 Å². The number of ether oxygens (including phenoxy) is 1. The van der Waals surface area contributed by atoms with Gasteiger partial charge in [0.25, 0.3) is 0 Å². The molecule has 3 N–H and O–H groups in total. The molecule has 8 nitrogen and oxygen atoms in total. The van der Waals surface area contributed by atoms with Crippen LogP contribution in [-0.2, 0) is 4.79 Å². The minimum atomic E-state index is -0.0668. The lowest BCUT2D eigenvalue weighted by Gasteiger charge is -2.32. The lowest BCUT2D eigenvalue weighted by Crippen LogP contribution is -2.38. The van der Waals surface area contributed by atoms with E-state index in [1.165, 1.54) is 6.92 Å². The fraction of sp³-hybridized carbons (Fsp3) is 0.435. The van der Waals surface area contributed by atoms with Gasteiger partial charge in [-0.15, -0.1) is 0 Å². The maximum Gasteiger partial charge on any atom is 0.216 e. The number of piperidine rings is 1. The van der Waals surface area contributed by atoms with Gasteiger partial charge in [0.1, 0.15) is 23.7 Å². The van der Waals surface area contributed by atoms with E-state index in [1.807, 2.05) is 24.3 Å². The van der Waals surface area contributed by atoms with Crippen molar-refractivity contribution in [2.24, 2.45) is 0 Å². The van der Waals surface area contributed by atoms with Crippen LogP contribution in [0, 0.1) is 0 Å². The molecule has 0 spiro atoms. The van der Waals surface area contributed by atoms with Crippen LogP contribution in [0.2, 0.25) is 5.02 Å². The molecule has 1 fully saturated rings. The molecule has 0 bridgehead atoms. The molecule has 0 aliphatic carbocycles. The number of pyridine rings is 1. The zero-order valence-corrected chi connectivity index (χ0v) is 19.2. The van der Waals surface area contributed by atoms with Gasteiger partial charge in [-0.05, 0) is 43.7 Å². The van der Waals surface area contributed by atoms with E-state index >= 15 is 0 Å². The van der Waals surface area contributed by atoms with Crippen LogP contribution >= 0.6 is 11.6 Å². The lowest BCUT2D eigenvalue weighted by molar-refractivity contribution is -0.119. The summed E-state index contributed by atoms with van der Waals surface area (Å²) in [4.78, 5) is 25.9. The number of nitrogens with one attached hydrogen (secondary N) is 3. The number of aromatic nitrogens is 3. The maximum atomic E-state index is 10.9. The Labute approximate surface area is 192 Å². The van der Waals surface area contributed by atoms with Gasteiger partial charge in [0.15, 0.2) is 5.65 Å². The number of carbonyl (C=O) groups is 1. The fourth-order valence-electron chi connectivity index (χ4n) is 3.91. The highest BCUT2D eigenvalue weighted by atomic mass is 35.5. The first kappa shape index (κ1) is 22.4. The van der Waals surface area contributed by atoms with Crippen LogP contribution in [0.25, 0.3) is 22.6 Å². The van der Waals surface area contributed by atoms with Crippen molar-refractivity contribution in [3.8, 4) is 17.1 Å². The van der Waals surface area contributed by atoms with Crippen LogP contribution in [0.3, 0.4) is 0 Å². The summed E-state index contributed by atoms with van der Waals surface area (Å²) in [6.07, 6.45) is 3.82. The Morgan fingerprint density at radius 1 is 1.28 bits per heavy atom. The van der Waals surface area contributed by atoms with Crippen molar-refractivity contribution in [3.05, 3.63) is 35.5 Å². The van der Waals surface area contributed by atoms with Crippen molar-refractivity contribution in [1.82, 2.24) is 25.2 Å². The van der Waals surface area contributed by atoms with E-state index in [0.717, 1.165) is 60.8 Å². The molecule has 0 radical (unpaired) electrons. The molecule has 1 aliphatic rings. The van der Waals surface area contributed by atoms with Gasteiger partial charge < -0.3 is 25.3 Å². The number of benzene rings is 1. The van der Waals surface area contributed by atoms with Gasteiger partial charge in [0.2, 0.25) is 5.91 Å². The van der Waals surface area contributed by atoms with Gasteiger partial charge >= 0.3 is 0 Å². The summed E-state index contributed by atoms with van der Waals surface area (Å²) in [5.41, 5.74) is 3.22. The monoisotopic (exact) mass is 456 g/mol. The van der Waals surface area contributed by atoms with E-state index in [-0.39, 0.29) is 5.91 Å². The summed E-state index contributed by atoms with van der Waals surface area (Å²) in [6.45, 7) is 7.84. The quantitative estimate of drug-likeness (QED) is 0.447. The molecule has 0 atom stereocenters. The van der Waals surface area contributed by atoms with E-state index in [1.54, 1.807) is 6.20 Å². The Balaban J connectivity index is 1.47. The first-order valence-electron chi connectivity index (χ1n) is 11.0. The summed E-state index contributed by atoms with van der Waals surface area (Å²) in [7, 11) is 0. The molecule has 0 unspecified atom stereocenters. The first-order valence-corrected chi connectivity index (χ1v) is 11.4. The predicted octanol–water partition coefficient (Wildman–Crippen LogP) is 3.69. The Bertz CT molecular complexity index is 1060. The number of likely N-dealkylation sites (tertiary alicyclic amines) is 1. The molecule has 170 valence electrons. The minimum Gasteiger partial charge on any atom is -0.492 e. The van der Waals surface area contributed by atoms with Gasteiger partial charge in [-0.1, -0.05) is 18.5 Å². The molecule has 1 amide bonds. The zero-order valence-electron chi connectivity index (χ0n) is 18.4. The van der Waals surface area contributed by atoms with Crippen LogP contribution in [0.5, 0.6) is 5.75 Å². The number of fused-ring (bicyclic) bond motifs is 1. The van der Waals surface area contributed by atoms with E-state index in [0.29, 0.717) is 29.9 Å². The van der Waals surface area contributed by atoms with Gasteiger partial charge in [-0.3, -0.25) is 4.79 Å². The molecule has 1 aliphatic heterocycles. The van der Waals surface area contributed by atoms with Crippen molar-refractivity contribution < 1.29 is 9.53 Å². The van der Waals surface area contributed by atoms with Crippen molar-refractivity contribution in [1.29, 1.82) is 0 Å². The second-order valence-corrected chi connectivity index (χ2v) is 8.38. The topological polar surface area (TPSA) is 95.2 Å². The van der Waals surface area contributed by atoms with Crippen LogP contribution in [0.1, 0.15) is 26.7 Å². The number of nitrogens with zero attached hydrogens (tertiary/aromatic N) is 3. The lowest BCUT2D eigenvalue weighted by atomic mass is 10.0. The van der Waals surface area contributed by atoms with Gasteiger partial charge in [-0.2, -0.15) is 0 Å². The highest BCUT2D eigenvalue weighted by Crippen LogP contribution is 2.32. The molecular weight excluding hydrogens is 428 g/mol. The van der Waals surface area contributed by atoms with Gasteiger partial charge in [0.05, 0.1) is 23.5 Å². The van der Waals surface area contributed by atoms with E-state index in [2.05, 4.69) is 32.4 Å². The zero-order chi connectivity index (χ0) is 22.5. The van der Waals surface area contributed by atoms with E-state index in [4.69, 9.17) is 21.3 Å². The third kappa shape index (κ3) is 5.31. The summed E-state index contributed by atoms with van der Waals surface area (Å²) >= 11 is 6.50. The summed E-state index contributed by atoms with van der Waals surface area (Å²) < 4.78 is 5.65. The van der Waals surface area contributed by atoms with E-state index in [9.17, 15) is 4.79 Å². The Morgan fingerprint density at radius 2 is 2.03 bits per heavy atom. The Morgan fingerprint density at radius 3 is 2.72 bits per heavy atom. The summed E-state index contributed by atoms with van der Waals surface area (Å²) in [5, 5.41) is 6.90. The first-order chi connectivity index (χ1) is 15.5. The molecule has 3 aromatic rings. The molecule has 9 heteroatoms. The number of hydrogen-bond donors (Lipinski definition) is 3. The number of amides is 1. The second-order valence-electron chi connectivity index (χ2n) is 7.97. The number of aromatic amines is 1. The predicted molar refractivity (Wildman–Crippen MR) is 127 cm³/mol. The molecule has 2 aromatic heterocycles. The van der Waals surface area contributed by atoms with Crippen molar-refractivity contribution >= 4 is 34.4 Å². The molecule has 4 rings (SSSR count). The largest absolute Gasteiger partial charge is 0.492 e. The average molecular weight is 457 g/mol. The third-order valence-corrected chi connectivity index (χ3v) is 6.01. The number of imidazole rings is 1. The molecule has 1 saturated heterocycles. The van der Waals surface area contributed by atoms with Crippen molar-refractivity contribution in [3.63, 3.8) is 0 Å². The molecule has 3 heterocycles. The third-order valence-electron chi connectivity index (χ3n) is 5.72. The smallest absolute Gasteiger partial charge is 0.216 e. The van der Waals surface area contributed by atoms with Crippen LogP contribution in [0.15, 0.2) is 30.5 Å². The van der Waals surface area contributed by atoms with Crippen LogP contribution < -0.4 is 15.4 Å². The normalized spacial score (nSPS) is 15.1. The molecule has 1 aromatic carbocycles. The number of rotatable bonds is 8. The Kier molecular flexibility index (Phi) is 7.12. The number of carbonyl (C=O) groups excluding carboxylic acids is 1. The van der Waals surface area contributed by atoms with Gasteiger partial charge in [-0.25, -0.2) is 9.97 Å². The maximum absolute atomic E-state index is 10.9. The summed E-state index contributed by atoms with van der Waals surface area (Å²) in [5.74, 6) is 1.39. The number of H-pyrrole nitrogens is 1. The van der Waals surface area contributed by atoms with Crippen molar-refractivity contribution in [2.75, 3.05) is 38.1 Å². The standard InChI is InChI=1S/C23H29ClN6O2/c1-3-30-11-8-17(9-12-30)27-20-19(24)14-26-23-21(20)28-22(29-23)16-4-6-18(7-5-16)32-13-10-25-15(2)31/h4-7,14,17H,3,8-13H2,1-2H3,(H,25,31)(H2,26,27,28,29). The molecule has 0 saturated carbocycles.